The molecule has 4 aliphatic heterocycles. The molecule has 13 heteroatoms. The highest BCUT2D eigenvalue weighted by atomic mass is 35.5. The maximum absolute atomic E-state index is 13.5. The molecule has 6 heterocycles. The molecule has 59 heavy (non-hydrogen) atoms. The van der Waals surface area contributed by atoms with Crippen molar-refractivity contribution < 1.29 is 23.6 Å². The number of amides is 4. The molecular weight excluding hydrogens is 790 g/mol. The Hall–Kier alpha value is -6.43. The first-order valence-corrected chi connectivity index (χ1v) is 19.8. The van der Waals surface area contributed by atoms with Gasteiger partial charge in [-0.25, -0.2) is 9.37 Å². The highest BCUT2D eigenvalue weighted by molar-refractivity contribution is 6.30. The van der Waals surface area contributed by atoms with Gasteiger partial charge in [0, 0.05) is 72.6 Å². The Balaban J connectivity index is 0.000000152. The fraction of sp³-hybridized carbons (Fsp3) is 0.174. The summed E-state index contributed by atoms with van der Waals surface area (Å²) in [5, 5.41) is 1.18. The summed E-state index contributed by atoms with van der Waals surface area (Å²) in [6.07, 6.45) is 5.21. The average Bonchev–Trinajstić information content (AvgIpc) is 3.85. The van der Waals surface area contributed by atoms with E-state index in [4.69, 9.17) is 23.2 Å². The maximum atomic E-state index is 13.5. The molecule has 0 saturated carbocycles. The Morgan fingerprint density at radius 1 is 0.576 bits per heavy atom. The number of carbonyl (C=O) groups is 4. The lowest BCUT2D eigenvalue weighted by molar-refractivity contribution is 0.00640. The number of hydrogen-bond acceptors (Lipinski definition) is 6. The van der Waals surface area contributed by atoms with Crippen molar-refractivity contribution in [1.29, 1.82) is 0 Å². The molecule has 0 aliphatic carbocycles. The molecule has 0 spiro atoms. The van der Waals surface area contributed by atoms with Crippen LogP contribution in [0.4, 0.5) is 4.39 Å². The highest BCUT2D eigenvalue weighted by Gasteiger charge is 2.57. The standard InChI is InChI=1S/C23H17ClFN3O2.C23H18ClN3O2/c24-17-7-5-16(6-8-17)23-13-15-3-1-2-4-19(15)21(29)27(23)11-12-28(23)22(30)20-10-9-18(25)14-26-20;24-19-9-7-18(8-10-19)23-14-16-4-1-2-6-20(16)22(29)27(23)13-12-26(23)21(28)17-5-3-11-25-15-17/h1-10,14H,11-13H2;1-11,15H,12-14H2. The van der Waals surface area contributed by atoms with Gasteiger partial charge in [0.1, 0.15) is 22.8 Å². The Kier molecular flexibility index (Phi) is 9.73. The molecule has 2 unspecified atom stereocenters. The summed E-state index contributed by atoms with van der Waals surface area (Å²) >= 11 is 12.2. The molecular formula is C46H35Cl2FN6O4. The van der Waals surface area contributed by atoms with Gasteiger partial charge >= 0.3 is 0 Å². The highest BCUT2D eigenvalue weighted by Crippen LogP contribution is 2.47. The molecule has 6 aromatic rings. The second kappa shape index (κ2) is 15.1. The molecule has 0 N–H and O–H groups in total. The van der Waals surface area contributed by atoms with E-state index >= 15 is 0 Å². The van der Waals surface area contributed by atoms with Crippen molar-refractivity contribution in [2.45, 2.75) is 24.2 Å². The predicted octanol–water partition coefficient (Wildman–Crippen LogP) is 7.62. The van der Waals surface area contributed by atoms with Gasteiger partial charge in [0.15, 0.2) is 0 Å². The number of fused-ring (bicyclic) bond motifs is 4. The summed E-state index contributed by atoms with van der Waals surface area (Å²) in [5.41, 5.74) is 3.60. The zero-order valence-corrected chi connectivity index (χ0v) is 33.0. The van der Waals surface area contributed by atoms with E-state index in [1.54, 1.807) is 63.5 Å². The number of benzene rings is 4. The molecule has 2 fully saturated rings. The molecule has 4 aliphatic rings. The second-order valence-corrected chi connectivity index (χ2v) is 15.6. The summed E-state index contributed by atoms with van der Waals surface area (Å²) in [6, 6.07) is 35.8. The number of rotatable bonds is 4. The molecule has 2 atom stereocenters. The van der Waals surface area contributed by atoms with Gasteiger partial charge in [0.25, 0.3) is 23.6 Å². The molecule has 2 aromatic heterocycles. The first-order valence-electron chi connectivity index (χ1n) is 19.1. The maximum Gasteiger partial charge on any atom is 0.274 e. The van der Waals surface area contributed by atoms with Crippen LogP contribution in [0.15, 0.2) is 140 Å². The molecule has 0 bridgehead atoms. The lowest BCUT2D eigenvalue weighted by Crippen LogP contribution is -2.58. The Bertz CT molecular complexity index is 2610. The van der Waals surface area contributed by atoms with Gasteiger partial charge in [-0.3, -0.25) is 24.2 Å². The first kappa shape index (κ1) is 38.1. The van der Waals surface area contributed by atoms with E-state index in [-0.39, 0.29) is 29.3 Å². The van der Waals surface area contributed by atoms with Crippen LogP contribution in [-0.4, -0.2) is 79.4 Å². The molecule has 294 valence electrons. The Morgan fingerprint density at radius 3 is 1.56 bits per heavy atom. The van der Waals surface area contributed by atoms with Crippen molar-refractivity contribution >= 4 is 46.8 Å². The van der Waals surface area contributed by atoms with Crippen LogP contribution >= 0.6 is 23.2 Å². The van der Waals surface area contributed by atoms with Crippen LogP contribution in [0.25, 0.3) is 0 Å². The Morgan fingerprint density at radius 2 is 1.08 bits per heavy atom. The minimum absolute atomic E-state index is 0.0525. The zero-order valence-electron chi connectivity index (χ0n) is 31.5. The van der Waals surface area contributed by atoms with Crippen molar-refractivity contribution in [3.8, 4) is 0 Å². The van der Waals surface area contributed by atoms with Gasteiger partial charge in [0.05, 0.1) is 11.8 Å². The van der Waals surface area contributed by atoms with Crippen LogP contribution in [-0.2, 0) is 24.2 Å². The van der Waals surface area contributed by atoms with Gasteiger partial charge in [-0.05, 0) is 82.9 Å². The number of hydrogen-bond donors (Lipinski definition) is 0. The molecule has 2 saturated heterocycles. The van der Waals surface area contributed by atoms with E-state index in [0.717, 1.165) is 28.5 Å². The van der Waals surface area contributed by atoms with Gasteiger partial charge < -0.3 is 19.6 Å². The minimum atomic E-state index is -0.997. The summed E-state index contributed by atoms with van der Waals surface area (Å²) < 4.78 is 13.3. The SMILES string of the molecule is O=C(c1ccc(F)cn1)N1CCN2C(=O)c3ccccc3CC12c1ccc(Cl)cc1.O=C(c1cccnc1)N1CCN2C(=O)c3ccccc3CC12c1ccc(Cl)cc1. The monoisotopic (exact) mass is 824 g/mol. The smallest absolute Gasteiger partial charge is 0.274 e. The van der Waals surface area contributed by atoms with Crippen molar-refractivity contribution in [1.82, 2.24) is 29.6 Å². The summed E-state index contributed by atoms with van der Waals surface area (Å²) in [6.45, 7) is 1.67. The minimum Gasteiger partial charge on any atom is -0.309 e. The fourth-order valence-electron chi connectivity index (χ4n) is 9.03. The van der Waals surface area contributed by atoms with Crippen molar-refractivity contribution in [3.05, 3.63) is 200 Å². The van der Waals surface area contributed by atoms with E-state index in [9.17, 15) is 23.6 Å². The van der Waals surface area contributed by atoms with Crippen LogP contribution in [0, 0.1) is 5.82 Å². The third kappa shape index (κ3) is 6.32. The molecule has 4 aromatic carbocycles. The number of carbonyl (C=O) groups excluding carboxylic acids is 4. The predicted molar refractivity (Wildman–Crippen MR) is 219 cm³/mol. The quantitative estimate of drug-likeness (QED) is 0.181. The number of aromatic nitrogens is 2. The average molecular weight is 826 g/mol. The first-order chi connectivity index (χ1) is 28.6. The number of halogens is 3. The van der Waals surface area contributed by atoms with Crippen molar-refractivity contribution in [2.24, 2.45) is 0 Å². The summed E-state index contributed by atoms with van der Waals surface area (Å²) in [5.74, 6) is -1.16. The topological polar surface area (TPSA) is 107 Å². The van der Waals surface area contributed by atoms with E-state index in [2.05, 4.69) is 9.97 Å². The largest absolute Gasteiger partial charge is 0.309 e. The van der Waals surface area contributed by atoms with Gasteiger partial charge in [-0.1, -0.05) is 83.9 Å². The molecule has 10 rings (SSSR count). The third-order valence-corrected chi connectivity index (χ3v) is 12.2. The van der Waals surface area contributed by atoms with Crippen LogP contribution in [0.1, 0.15) is 63.8 Å². The van der Waals surface area contributed by atoms with E-state index < -0.39 is 17.1 Å². The van der Waals surface area contributed by atoms with Crippen LogP contribution in [0.5, 0.6) is 0 Å². The normalized spacial score (nSPS) is 20.3. The Labute approximate surface area is 349 Å². The summed E-state index contributed by atoms with van der Waals surface area (Å²) in [7, 11) is 0. The fourth-order valence-corrected chi connectivity index (χ4v) is 9.28. The number of pyridine rings is 2. The van der Waals surface area contributed by atoms with E-state index in [1.165, 1.54) is 12.1 Å². The number of nitrogens with zero attached hydrogens (tertiary/aromatic N) is 6. The van der Waals surface area contributed by atoms with Gasteiger partial charge in [-0.2, -0.15) is 0 Å². The van der Waals surface area contributed by atoms with E-state index in [0.29, 0.717) is 65.8 Å². The van der Waals surface area contributed by atoms with Crippen LogP contribution in [0.2, 0.25) is 10.0 Å². The molecule has 0 radical (unpaired) electrons. The molecule has 10 nitrogen and oxygen atoms in total. The lowest BCUT2D eigenvalue weighted by atomic mass is 9.83. The molecule has 4 amide bonds. The van der Waals surface area contributed by atoms with Gasteiger partial charge in [-0.15, -0.1) is 0 Å². The van der Waals surface area contributed by atoms with E-state index in [1.807, 2.05) is 77.7 Å². The van der Waals surface area contributed by atoms with Crippen LogP contribution in [0.3, 0.4) is 0 Å². The second-order valence-electron chi connectivity index (χ2n) is 14.7. The van der Waals surface area contributed by atoms with Crippen LogP contribution < -0.4 is 0 Å². The van der Waals surface area contributed by atoms with Gasteiger partial charge in [0.2, 0.25) is 0 Å². The van der Waals surface area contributed by atoms with Crippen molar-refractivity contribution in [2.75, 3.05) is 26.2 Å². The third-order valence-electron chi connectivity index (χ3n) is 11.7. The summed E-state index contributed by atoms with van der Waals surface area (Å²) in [4.78, 5) is 68.8. The van der Waals surface area contributed by atoms with Crippen molar-refractivity contribution in [3.63, 3.8) is 0 Å². The lowest BCUT2D eigenvalue weighted by Gasteiger charge is -2.47. The zero-order chi connectivity index (χ0) is 40.9.